The minimum Gasteiger partial charge on any atom is -0.324 e. The Bertz CT molecular complexity index is 277. The smallest absolute Gasteiger partial charge is 0.320 e. The molecule has 3 heteroatoms. The van der Waals surface area contributed by atoms with Gasteiger partial charge in [0.2, 0.25) is 0 Å². The Kier molecular flexibility index (Phi) is 3.95. The number of piperidine rings is 1. The molecule has 0 aromatic heterocycles. The van der Waals surface area contributed by atoms with Gasteiger partial charge in [-0.2, -0.15) is 0 Å². The highest BCUT2D eigenvalue weighted by atomic mass is 16.2. The van der Waals surface area contributed by atoms with Crippen molar-refractivity contribution in [2.45, 2.75) is 52.5 Å². The second-order valence-electron chi connectivity index (χ2n) is 6.12. The van der Waals surface area contributed by atoms with Gasteiger partial charge in [-0.3, -0.25) is 0 Å². The second-order valence-corrected chi connectivity index (χ2v) is 6.12. The monoisotopic (exact) mass is 238 g/mol. The number of urea groups is 1. The van der Waals surface area contributed by atoms with Crippen LogP contribution in [0.1, 0.15) is 46.5 Å². The summed E-state index contributed by atoms with van der Waals surface area (Å²) in [5, 5.41) is 0. The first-order chi connectivity index (χ1) is 8.09. The van der Waals surface area contributed by atoms with E-state index in [-0.39, 0.29) is 0 Å². The van der Waals surface area contributed by atoms with Gasteiger partial charge < -0.3 is 9.80 Å². The van der Waals surface area contributed by atoms with E-state index in [0.29, 0.717) is 23.9 Å². The van der Waals surface area contributed by atoms with Gasteiger partial charge in [-0.15, -0.1) is 0 Å². The van der Waals surface area contributed by atoms with Gasteiger partial charge in [0.1, 0.15) is 0 Å². The van der Waals surface area contributed by atoms with Gasteiger partial charge >= 0.3 is 6.03 Å². The van der Waals surface area contributed by atoms with Gasteiger partial charge in [0.25, 0.3) is 0 Å². The van der Waals surface area contributed by atoms with E-state index in [1.54, 1.807) is 0 Å². The number of hydrogen-bond acceptors (Lipinski definition) is 1. The topological polar surface area (TPSA) is 23.6 Å². The van der Waals surface area contributed by atoms with E-state index in [9.17, 15) is 4.79 Å². The summed E-state index contributed by atoms with van der Waals surface area (Å²) < 4.78 is 0. The fraction of sp³-hybridized carbons (Fsp3) is 0.929. The van der Waals surface area contributed by atoms with E-state index in [4.69, 9.17) is 0 Å². The van der Waals surface area contributed by atoms with Gasteiger partial charge in [-0.1, -0.05) is 20.8 Å². The van der Waals surface area contributed by atoms with Crippen molar-refractivity contribution in [2.24, 2.45) is 11.8 Å². The molecule has 2 saturated heterocycles. The van der Waals surface area contributed by atoms with Gasteiger partial charge in [0.15, 0.2) is 0 Å². The predicted octanol–water partition coefficient (Wildman–Crippen LogP) is 2.96. The summed E-state index contributed by atoms with van der Waals surface area (Å²) in [4.78, 5) is 16.7. The minimum absolute atomic E-state index is 0.299. The van der Waals surface area contributed by atoms with E-state index in [2.05, 4.69) is 30.6 Å². The van der Waals surface area contributed by atoms with Gasteiger partial charge in [0, 0.05) is 25.7 Å². The quantitative estimate of drug-likeness (QED) is 0.689. The molecular formula is C14H26N2O. The second kappa shape index (κ2) is 5.28. The highest BCUT2D eigenvalue weighted by Gasteiger charge is 2.34. The van der Waals surface area contributed by atoms with Crippen LogP contribution in [-0.4, -0.2) is 41.5 Å². The van der Waals surface area contributed by atoms with Crippen molar-refractivity contribution in [1.29, 1.82) is 0 Å². The molecule has 2 rings (SSSR count). The minimum atomic E-state index is 0.299. The molecule has 0 bridgehead atoms. The first kappa shape index (κ1) is 12.7. The number of hydrogen-bond donors (Lipinski definition) is 0. The maximum absolute atomic E-state index is 12.5. The van der Waals surface area contributed by atoms with Crippen LogP contribution in [0.5, 0.6) is 0 Å². The molecule has 2 aliphatic heterocycles. The van der Waals surface area contributed by atoms with Crippen molar-refractivity contribution >= 4 is 6.03 Å². The van der Waals surface area contributed by atoms with Gasteiger partial charge in [-0.05, 0) is 37.5 Å². The summed E-state index contributed by atoms with van der Waals surface area (Å²) in [6.45, 7) is 9.60. The van der Waals surface area contributed by atoms with Crippen molar-refractivity contribution in [1.82, 2.24) is 9.80 Å². The Labute approximate surface area is 105 Å². The van der Waals surface area contributed by atoms with Crippen molar-refractivity contribution in [2.75, 3.05) is 19.6 Å². The number of likely N-dealkylation sites (tertiary alicyclic amines) is 2. The van der Waals surface area contributed by atoms with E-state index in [1.165, 1.54) is 25.7 Å². The molecule has 0 aromatic rings. The maximum Gasteiger partial charge on any atom is 0.320 e. The van der Waals surface area contributed by atoms with Gasteiger partial charge in [0.05, 0.1) is 0 Å². The first-order valence-electron chi connectivity index (χ1n) is 7.15. The third-order valence-corrected chi connectivity index (χ3v) is 4.24. The van der Waals surface area contributed by atoms with Crippen LogP contribution in [0.25, 0.3) is 0 Å². The molecule has 2 unspecified atom stereocenters. The van der Waals surface area contributed by atoms with Gasteiger partial charge in [-0.25, -0.2) is 4.79 Å². The molecule has 3 nitrogen and oxygen atoms in total. The zero-order valence-corrected chi connectivity index (χ0v) is 11.5. The third-order valence-electron chi connectivity index (χ3n) is 4.24. The first-order valence-corrected chi connectivity index (χ1v) is 7.15. The highest BCUT2D eigenvalue weighted by Crippen LogP contribution is 2.26. The molecule has 2 amide bonds. The summed E-state index contributed by atoms with van der Waals surface area (Å²) in [6, 6.07) is 0.771. The number of carbonyl (C=O) groups excluding carboxylic acids is 1. The fourth-order valence-electron chi connectivity index (χ4n) is 3.27. The van der Waals surface area contributed by atoms with Crippen LogP contribution in [0, 0.1) is 11.8 Å². The average Bonchev–Trinajstić information content (AvgIpc) is 2.77. The van der Waals surface area contributed by atoms with Crippen molar-refractivity contribution in [3.8, 4) is 0 Å². The van der Waals surface area contributed by atoms with E-state index >= 15 is 0 Å². The Balaban J connectivity index is 1.98. The van der Waals surface area contributed by atoms with Crippen LogP contribution in [0.3, 0.4) is 0 Å². The summed E-state index contributed by atoms with van der Waals surface area (Å²) in [5.41, 5.74) is 0. The van der Waals surface area contributed by atoms with Crippen LogP contribution in [0.2, 0.25) is 0 Å². The van der Waals surface area contributed by atoms with Crippen molar-refractivity contribution < 1.29 is 4.79 Å². The molecule has 17 heavy (non-hydrogen) atoms. The third kappa shape index (κ3) is 2.75. The molecule has 0 N–H and O–H groups in total. The Hall–Kier alpha value is -0.730. The Morgan fingerprint density at radius 3 is 2.53 bits per heavy atom. The molecule has 2 atom stereocenters. The van der Waals surface area contributed by atoms with E-state index in [1.807, 2.05) is 0 Å². The Morgan fingerprint density at radius 1 is 1.18 bits per heavy atom. The lowest BCUT2D eigenvalue weighted by atomic mass is 10.00. The summed E-state index contributed by atoms with van der Waals surface area (Å²) >= 11 is 0. The van der Waals surface area contributed by atoms with Crippen LogP contribution < -0.4 is 0 Å². The van der Waals surface area contributed by atoms with Crippen LogP contribution in [-0.2, 0) is 0 Å². The van der Waals surface area contributed by atoms with E-state index < -0.39 is 0 Å². The molecule has 0 saturated carbocycles. The maximum atomic E-state index is 12.5. The lowest BCUT2D eigenvalue weighted by Gasteiger charge is -2.37. The molecule has 2 fully saturated rings. The predicted molar refractivity (Wildman–Crippen MR) is 69.9 cm³/mol. The summed E-state index contributed by atoms with van der Waals surface area (Å²) in [7, 11) is 0. The normalized spacial score (nSPS) is 30.1. The molecule has 0 radical (unpaired) electrons. The van der Waals surface area contributed by atoms with Crippen LogP contribution >= 0.6 is 0 Å². The van der Waals surface area contributed by atoms with Crippen LogP contribution in [0.4, 0.5) is 4.79 Å². The Morgan fingerprint density at radius 2 is 1.88 bits per heavy atom. The number of nitrogens with zero attached hydrogens (tertiary/aromatic N) is 2. The van der Waals surface area contributed by atoms with E-state index in [0.717, 1.165) is 19.6 Å². The fourth-order valence-corrected chi connectivity index (χ4v) is 3.27. The lowest BCUT2D eigenvalue weighted by molar-refractivity contribution is 0.119. The average molecular weight is 238 g/mol. The number of amides is 2. The number of rotatable bonds is 1. The molecule has 0 aromatic carbocycles. The zero-order valence-electron chi connectivity index (χ0n) is 11.5. The zero-order chi connectivity index (χ0) is 12.4. The number of carbonyl (C=O) groups is 1. The lowest BCUT2D eigenvalue weighted by Crippen LogP contribution is -2.49. The van der Waals surface area contributed by atoms with Crippen molar-refractivity contribution in [3.63, 3.8) is 0 Å². The summed E-state index contributed by atoms with van der Waals surface area (Å²) in [5.74, 6) is 1.26. The summed E-state index contributed by atoms with van der Waals surface area (Å²) in [6.07, 6.45) is 4.81. The molecule has 0 aliphatic carbocycles. The van der Waals surface area contributed by atoms with Crippen LogP contribution in [0.15, 0.2) is 0 Å². The molecule has 98 valence electrons. The van der Waals surface area contributed by atoms with Crippen molar-refractivity contribution in [3.05, 3.63) is 0 Å². The molecular weight excluding hydrogens is 212 g/mol. The molecule has 0 spiro atoms. The largest absolute Gasteiger partial charge is 0.324 e. The SMILES string of the molecule is CC1CCCN(C(=O)N2CCCC2C(C)C)C1. The highest BCUT2D eigenvalue weighted by molar-refractivity contribution is 5.75. The molecule has 2 aliphatic rings. The molecule has 2 heterocycles. The standard InChI is InChI=1S/C14H26N2O/c1-11(2)13-7-5-9-16(13)14(17)15-8-4-6-12(3)10-15/h11-13H,4-10H2,1-3H3.